The topological polar surface area (TPSA) is 81.0 Å². The molecule has 25 heavy (non-hydrogen) atoms. The molecule has 2 aromatic heterocycles. The van der Waals surface area contributed by atoms with Gasteiger partial charge in [-0.3, -0.25) is 9.67 Å². The Balaban J connectivity index is 1.77. The minimum absolute atomic E-state index is 0.247. The molecule has 1 fully saturated rings. The van der Waals surface area contributed by atoms with Crippen molar-refractivity contribution in [3.05, 3.63) is 30.4 Å². The molecular formula is C17H25N5O2S. The van der Waals surface area contributed by atoms with Gasteiger partial charge >= 0.3 is 0 Å². The Morgan fingerprint density at radius 1 is 1.32 bits per heavy atom. The fourth-order valence-corrected chi connectivity index (χ4v) is 4.29. The van der Waals surface area contributed by atoms with Crippen LogP contribution in [0.15, 0.2) is 24.7 Å². The number of rotatable bonds is 5. The lowest BCUT2D eigenvalue weighted by atomic mass is 9.95. The van der Waals surface area contributed by atoms with E-state index in [1.165, 1.54) is 6.26 Å². The van der Waals surface area contributed by atoms with Crippen LogP contribution in [0.2, 0.25) is 0 Å². The van der Waals surface area contributed by atoms with E-state index in [-0.39, 0.29) is 12.0 Å². The van der Waals surface area contributed by atoms with Crippen molar-refractivity contribution in [2.24, 2.45) is 5.92 Å². The highest BCUT2D eigenvalue weighted by molar-refractivity contribution is 7.88. The van der Waals surface area contributed by atoms with Crippen molar-refractivity contribution < 1.29 is 8.42 Å². The second kappa shape index (κ2) is 7.21. The predicted molar refractivity (Wildman–Crippen MR) is 96.5 cm³/mol. The SMILES string of the molecule is CC(C)n1nccc1-c1cncc(C[C@H]2CCCN(S(C)(=O)=O)C2)n1. The third kappa shape index (κ3) is 4.24. The van der Waals surface area contributed by atoms with Gasteiger partial charge in [-0.2, -0.15) is 5.10 Å². The van der Waals surface area contributed by atoms with Crippen LogP contribution in [0.5, 0.6) is 0 Å². The van der Waals surface area contributed by atoms with Crippen LogP contribution in [0.3, 0.4) is 0 Å². The number of nitrogens with zero attached hydrogens (tertiary/aromatic N) is 5. The highest BCUT2D eigenvalue weighted by atomic mass is 32.2. The minimum atomic E-state index is -3.12. The van der Waals surface area contributed by atoms with Crippen LogP contribution in [0.25, 0.3) is 11.4 Å². The van der Waals surface area contributed by atoms with Crippen molar-refractivity contribution >= 4 is 10.0 Å². The Morgan fingerprint density at radius 3 is 2.84 bits per heavy atom. The van der Waals surface area contributed by atoms with Gasteiger partial charge in [-0.05, 0) is 45.1 Å². The van der Waals surface area contributed by atoms with Gasteiger partial charge in [0.05, 0.1) is 23.8 Å². The first-order valence-electron chi connectivity index (χ1n) is 8.64. The molecule has 136 valence electrons. The first-order valence-corrected chi connectivity index (χ1v) is 10.5. The fourth-order valence-electron chi connectivity index (χ4n) is 3.35. The molecular weight excluding hydrogens is 338 g/mol. The van der Waals surface area contributed by atoms with E-state index in [0.717, 1.165) is 36.3 Å². The van der Waals surface area contributed by atoms with Crippen LogP contribution >= 0.6 is 0 Å². The summed E-state index contributed by atoms with van der Waals surface area (Å²) in [7, 11) is -3.12. The average molecular weight is 363 g/mol. The molecule has 1 aliphatic rings. The molecule has 8 heteroatoms. The van der Waals surface area contributed by atoms with Gasteiger partial charge in [-0.25, -0.2) is 17.7 Å². The lowest BCUT2D eigenvalue weighted by Gasteiger charge is -2.30. The van der Waals surface area contributed by atoms with E-state index in [0.29, 0.717) is 13.1 Å². The number of hydrogen-bond donors (Lipinski definition) is 0. The van der Waals surface area contributed by atoms with E-state index < -0.39 is 10.0 Å². The van der Waals surface area contributed by atoms with Crippen LogP contribution in [-0.2, 0) is 16.4 Å². The summed E-state index contributed by atoms with van der Waals surface area (Å²) in [6.45, 7) is 5.34. The maximum Gasteiger partial charge on any atom is 0.211 e. The number of aromatic nitrogens is 4. The Kier molecular flexibility index (Phi) is 5.19. The minimum Gasteiger partial charge on any atom is -0.261 e. The van der Waals surface area contributed by atoms with Gasteiger partial charge in [-0.1, -0.05) is 0 Å². The first kappa shape index (κ1) is 18.0. The molecule has 0 amide bonds. The molecule has 1 aliphatic heterocycles. The Labute approximate surface area is 149 Å². The second-order valence-corrected chi connectivity index (χ2v) is 8.97. The maximum atomic E-state index is 11.8. The van der Waals surface area contributed by atoms with E-state index in [9.17, 15) is 8.42 Å². The van der Waals surface area contributed by atoms with Gasteiger partial charge in [0.25, 0.3) is 0 Å². The highest BCUT2D eigenvalue weighted by Crippen LogP contribution is 2.24. The summed E-state index contributed by atoms with van der Waals surface area (Å²) in [6.07, 6.45) is 9.23. The molecule has 1 atom stereocenters. The van der Waals surface area contributed by atoms with Crippen molar-refractivity contribution in [3.8, 4) is 11.4 Å². The summed E-state index contributed by atoms with van der Waals surface area (Å²) in [5.74, 6) is 0.281. The van der Waals surface area contributed by atoms with Gasteiger partial charge in [0.1, 0.15) is 5.69 Å². The van der Waals surface area contributed by atoms with Crippen LogP contribution in [-0.4, -0.2) is 51.8 Å². The normalized spacial score (nSPS) is 19.4. The Hall–Kier alpha value is -1.80. The summed E-state index contributed by atoms with van der Waals surface area (Å²) in [6, 6.07) is 2.19. The fraction of sp³-hybridized carbons (Fsp3) is 0.588. The van der Waals surface area contributed by atoms with E-state index in [2.05, 4.69) is 23.9 Å². The number of hydrogen-bond acceptors (Lipinski definition) is 5. The van der Waals surface area contributed by atoms with Gasteiger partial charge in [-0.15, -0.1) is 0 Å². The Bertz CT molecular complexity index is 831. The molecule has 0 spiro atoms. The second-order valence-electron chi connectivity index (χ2n) is 6.98. The van der Waals surface area contributed by atoms with Crippen LogP contribution in [0.4, 0.5) is 0 Å². The molecule has 7 nitrogen and oxygen atoms in total. The third-order valence-electron chi connectivity index (χ3n) is 4.55. The highest BCUT2D eigenvalue weighted by Gasteiger charge is 2.26. The van der Waals surface area contributed by atoms with Crippen LogP contribution < -0.4 is 0 Å². The molecule has 3 rings (SSSR count). The zero-order chi connectivity index (χ0) is 18.0. The lowest BCUT2D eigenvalue weighted by molar-refractivity contribution is 0.265. The standard InChI is InChI=1S/C17H25N5O2S/c1-13(2)22-17(6-7-19-22)16-11-18-10-15(20-16)9-14-5-4-8-21(12-14)25(3,23)24/h6-7,10-11,13-14H,4-5,8-9,12H2,1-3H3/t14-/m1/s1. The lowest BCUT2D eigenvalue weighted by Crippen LogP contribution is -2.39. The van der Waals surface area contributed by atoms with Crippen molar-refractivity contribution in [1.29, 1.82) is 0 Å². The van der Waals surface area contributed by atoms with Gasteiger partial charge in [0.2, 0.25) is 10.0 Å². The van der Waals surface area contributed by atoms with E-state index in [1.54, 1.807) is 22.9 Å². The average Bonchev–Trinajstić information content (AvgIpc) is 3.04. The van der Waals surface area contributed by atoms with E-state index >= 15 is 0 Å². The molecule has 0 bridgehead atoms. The predicted octanol–water partition coefficient (Wildman–Crippen LogP) is 2.14. The van der Waals surface area contributed by atoms with Crippen LogP contribution in [0, 0.1) is 5.92 Å². The summed E-state index contributed by atoms with van der Waals surface area (Å²) in [5.41, 5.74) is 2.65. The zero-order valence-corrected chi connectivity index (χ0v) is 15.8. The van der Waals surface area contributed by atoms with Crippen molar-refractivity contribution in [1.82, 2.24) is 24.1 Å². The zero-order valence-electron chi connectivity index (χ0n) is 15.0. The molecule has 0 aliphatic carbocycles. The third-order valence-corrected chi connectivity index (χ3v) is 5.82. The van der Waals surface area contributed by atoms with Gasteiger partial charge < -0.3 is 0 Å². The molecule has 0 unspecified atom stereocenters. The summed E-state index contributed by atoms with van der Waals surface area (Å²) >= 11 is 0. The molecule has 0 aromatic carbocycles. The largest absolute Gasteiger partial charge is 0.261 e. The summed E-state index contributed by atoms with van der Waals surface area (Å²) in [4.78, 5) is 9.09. The quantitative estimate of drug-likeness (QED) is 0.813. The first-order chi connectivity index (χ1) is 11.8. The molecule has 0 saturated carbocycles. The van der Waals surface area contributed by atoms with Crippen molar-refractivity contribution in [3.63, 3.8) is 0 Å². The van der Waals surface area contributed by atoms with E-state index in [1.807, 2.05) is 10.7 Å². The maximum absolute atomic E-state index is 11.8. The van der Waals surface area contributed by atoms with Gasteiger partial charge in [0.15, 0.2) is 0 Å². The summed E-state index contributed by atoms with van der Waals surface area (Å²) in [5, 5.41) is 4.35. The summed E-state index contributed by atoms with van der Waals surface area (Å²) < 4.78 is 27.1. The number of piperidine rings is 1. The molecule has 3 heterocycles. The molecule has 2 aromatic rings. The van der Waals surface area contributed by atoms with Gasteiger partial charge in [0, 0.05) is 31.5 Å². The molecule has 0 N–H and O–H groups in total. The monoisotopic (exact) mass is 363 g/mol. The molecule has 0 radical (unpaired) electrons. The smallest absolute Gasteiger partial charge is 0.211 e. The van der Waals surface area contributed by atoms with E-state index in [4.69, 9.17) is 4.98 Å². The van der Waals surface area contributed by atoms with Crippen molar-refractivity contribution in [2.75, 3.05) is 19.3 Å². The van der Waals surface area contributed by atoms with Crippen LogP contribution in [0.1, 0.15) is 38.4 Å². The molecule has 1 saturated heterocycles. The number of sulfonamides is 1. The van der Waals surface area contributed by atoms with Crippen molar-refractivity contribution in [2.45, 2.75) is 39.2 Å². The Morgan fingerprint density at radius 2 is 2.12 bits per heavy atom.